The van der Waals surface area contributed by atoms with Gasteiger partial charge in [-0.15, -0.1) is 11.3 Å². The van der Waals surface area contributed by atoms with E-state index in [1.165, 1.54) is 30.3 Å². The minimum absolute atomic E-state index is 0.118. The number of aromatic nitrogens is 2. The Hall–Kier alpha value is -3.95. The lowest BCUT2D eigenvalue weighted by Crippen LogP contribution is -2.20. The molecule has 0 saturated carbocycles. The summed E-state index contributed by atoms with van der Waals surface area (Å²) in [6.45, 7) is 3.57. The Kier molecular flexibility index (Phi) is 7.05. The molecule has 1 atom stereocenters. The first-order chi connectivity index (χ1) is 18.3. The van der Waals surface area contributed by atoms with E-state index >= 15 is 0 Å². The summed E-state index contributed by atoms with van der Waals surface area (Å²) in [4.78, 5) is 10.8. The number of anilines is 1. The van der Waals surface area contributed by atoms with Gasteiger partial charge in [-0.25, -0.2) is 27.3 Å². The van der Waals surface area contributed by atoms with Crippen LogP contribution in [0.25, 0.3) is 32.3 Å². The van der Waals surface area contributed by atoms with E-state index in [0.717, 1.165) is 11.3 Å². The third-order valence-corrected chi connectivity index (χ3v) is 9.53. The van der Waals surface area contributed by atoms with Crippen molar-refractivity contribution in [3.63, 3.8) is 0 Å². The summed E-state index contributed by atoms with van der Waals surface area (Å²) in [6.07, 6.45) is 1.55. The molecule has 0 saturated heterocycles. The molecule has 2 heterocycles. The second-order valence-corrected chi connectivity index (χ2v) is 12.2. The summed E-state index contributed by atoms with van der Waals surface area (Å²) in [6, 6.07) is 21.9. The molecule has 3 aromatic carbocycles. The molecule has 0 radical (unpaired) electrons. The quantitative estimate of drug-likeness (QED) is 0.220. The van der Waals surface area contributed by atoms with Crippen LogP contribution in [0, 0.1) is 17.5 Å². The maximum absolute atomic E-state index is 14.6. The van der Waals surface area contributed by atoms with Crippen molar-refractivity contribution in [2.45, 2.75) is 18.7 Å². The summed E-state index contributed by atoms with van der Waals surface area (Å²) in [7, 11) is -2.81. The van der Waals surface area contributed by atoms with Gasteiger partial charge in [0.15, 0.2) is 0 Å². The average molecular weight is 550 g/mol. The molecule has 38 heavy (non-hydrogen) atoms. The molecule has 5 aromatic rings. The van der Waals surface area contributed by atoms with Crippen molar-refractivity contribution in [3.05, 3.63) is 109 Å². The first-order valence-electron chi connectivity index (χ1n) is 11.6. The Balaban J connectivity index is 1.66. The van der Waals surface area contributed by atoms with Crippen LogP contribution in [-0.4, -0.2) is 19.0 Å². The van der Waals surface area contributed by atoms with Crippen LogP contribution in [0.5, 0.6) is 0 Å². The van der Waals surface area contributed by atoms with Crippen molar-refractivity contribution < 1.29 is 17.4 Å². The molecule has 0 aliphatic heterocycles. The van der Waals surface area contributed by atoms with E-state index in [-0.39, 0.29) is 10.6 Å². The normalized spacial score (nSPS) is 12.7. The fourth-order valence-corrected chi connectivity index (χ4v) is 6.81. The van der Waals surface area contributed by atoms with Gasteiger partial charge in [-0.05, 0) is 72.8 Å². The second-order valence-electron chi connectivity index (χ2n) is 8.61. The van der Waals surface area contributed by atoms with Crippen LogP contribution in [0.3, 0.4) is 0 Å². The number of hydrogen-bond acceptors (Lipinski definition) is 4. The number of hydrogen-bond donors (Lipinski definition) is 1. The minimum Gasteiger partial charge on any atom is -0.293 e. The fourth-order valence-electron chi connectivity index (χ4n) is 3.94. The van der Waals surface area contributed by atoms with Gasteiger partial charge in [0, 0.05) is 16.7 Å². The largest absolute Gasteiger partial charge is 0.293 e. The first kappa shape index (κ1) is 25.7. The monoisotopic (exact) mass is 549 g/mol. The molecule has 0 bridgehead atoms. The standard InChI is InChI=1S/C29H22F3N3OS2/c1-18(2)38(36,22-10-4-3-5-11-22)35-25-17-20(14-15-33-25)28-27(19-8-6-9-21(30)16-19)34-29(37-28)26-23(31)12-7-13-24(26)32/h3-17H,1-2H3,(H,33,35,36). The molecular weight excluding hydrogens is 527 g/mol. The first-order valence-corrected chi connectivity index (χ1v) is 14.0. The van der Waals surface area contributed by atoms with Crippen molar-refractivity contribution in [1.29, 1.82) is 0 Å². The van der Waals surface area contributed by atoms with Crippen molar-refractivity contribution in [2.24, 2.45) is 0 Å². The van der Waals surface area contributed by atoms with E-state index in [1.54, 1.807) is 56.4 Å². The topological polar surface area (TPSA) is 54.9 Å². The summed E-state index contributed by atoms with van der Waals surface area (Å²) in [5, 5.41) is 0.118. The van der Waals surface area contributed by atoms with Crippen LogP contribution in [0.1, 0.15) is 13.8 Å². The third-order valence-electron chi connectivity index (χ3n) is 5.82. The Bertz CT molecular complexity index is 1740. The zero-order chi connectivity index (χ0) is 26.9. The Morgan fingerprint density at radius 2 is 1.55 bits per heavy atom. The van der Waals surface area contributed by atoms with Crippen LogP contribution in [0.4, 0.5) is 19.0 Å². The summed E-state index contributed by atoms with van der Waals surface area (Å²) >= 11 is 1.08. The average Bonchev–Trinajstić information content (AvgIpc) is 3.34. The zero-order valence-electron chi connectivity index (χ0n) is 20.4. The molecular formula is C29H22F3N3OS2. The lowest BCUT2D eigenvalue weighted by Gasteiger charge is -2.16. The number of halogens is 3. The van der Waals surface area contributed by atoms with Crippen LogP contribution >= 0.6 is 11.3 Å². The highest BCUT2D eigenvalue weighted by Gasteiger charge is 2.22. The van der Waals surface area contributed by atoms with Crippen molar-refractivity contribution in [1.82, 2.24) is 9.97 Å². The van der Waals surface area contributed by atoms with E-state index in [1.807, 2.05) is 18.2 Å². The van der Waals surface area contributed by atoms with Gasteiger partial charge in [-0.2, -0.15) is 0 Å². The molecule has 0 amide bonds. The number of pyridine rings is 1. The van der Waals surface area contributed by atoms with Gasteiger partial charge >= 0.3 is 0 Å². The van der Waals surface area contributed by atoms with E-state index < -0.39 is 27.2 Å². The van der Waals surface area contributed by atoms with E-state index in [9.17, 15) is 17.4 Å². The lowest BCUT2D eigenvalue weighted by atomic mass is 10.1. The number of nitrogens with zero attached hydrogens (tertiary/aromatic N) is 2. The lowest BCUT2D eigenvalue weighted by molar-refractivity contribution is 0.589. The van der Waals surface area contributed by atoms with Gasteiger partial charge < -0.3 is 0 Å². The van der Waals surface area contributed by atoms with Crippen molar-refractivity contribution >= 4 is 31.7 Å². The summed E-state index contributed by atoms with van der Waals surface area (Å²) in [5.41, 5.74) is 1.19. The highest BCUT2D eigenvalue weighted by Crippen LogP contribution is 2.42. The van der Waals surface area contributed by atoms with Gasteiger partial charge in [0.2, 0.25) is 0 Å². The molecule has 9 heteroatoms. The van der Waals surface area contributed by atoms with Gasteiger partial charge in [-0.1, -0.05) is 36.4 Å². The predicted molar refractivity (Wildman–Crippen MR) is 149 cm³/mol. The van der Waals surface area contributed by atoms with Gasteiger partial charge in [0.05, 0.1) is 25.8 Å². The third kappa shape index (κ3) is 4.94. The molecule has 4 nitrogen and oxygen atoms in total. The van der Waals surface area contributed by atoms with E-state index in [2.05, 4.69) is 14.7 Å². The number of nitrogens with one attached hydrogen (secondary N) is 1. The predicted octanol–water partition coefficient (Wildman–Crippen LogP) is 7.84. The van der Waals surface area contributed by atoms with Crippen LogP contribution < -0.4 is 4.72 Å². The highest BCUT2D eigenvalue weighted by atomic mass is 32.2. The maximum Gasteiger partial charge on any atom is 0.138 e. The molecule has 0 fully saturated rings. The van der Waals surface area contributed by atoms with E-state index in [4.69, 9.17) is 0 Å². The Morgan fingerprint density at radius 1 is 0.842 bits per heavy atom. The molecule has 0 spiro atoms. The molecule has 192 valence electrons. The Morgan fingerprint density at radius 3 is 2.24 bits per heavy atom. The van der Waals surface area contributed by atoms with Crippen LogP contribution in [0.15, 0.2) is 96.0 Å². The summed E-state index contributed by atoms with van der Waals surface area (Å²) < 4.78 is 60.5. The second kappa shape index (κ2) is 10.4. The molecule has 0 aliphatic carbocycles. The van der Waals surface area contributed by atoms with Gasteiger partial charge in [0.1, 0.15) is 28.3 Å². The molecule has 5 rings (SSSR count). The number of benzene rings is 3. The zero-order valence-corrected chi connectivity index (χ0v) is 22.0. The maximum atomic E-state index is 14.6. The molecule has 1 N–H and O–H groups in total. The molecule has 2 aromatic heterocycles. The van der Waals surface area contributed by atoms with Crippen LogP contribution in [0.2, 0.25) is 0 Å². The minimum atomic E-state index is -2.81. The Labute approximate surface area is 223 Å². The fraction of sp³-hybridized carbons (Fsp3) is 0.0690. The molecule has 1 unspecified atom stereocenters. The number of rotatable bonds is 6. The SMILES string of the molecule is CC(C)=S(=O)(Nc1cc(-c2sc(-c3c(F)cccc3F)nc2-c2cccc(F)c2)ccn1)c1ccccc1. The summed E-state index contributed by atoms with van der Waals surface area (Å²) in [5.74, 6) is -1.61. The smallest absolute Gasteiger partial charge is 0.138 e. The number of thiazole rings is 1. The molecule has 0 aliphatic rings. The van der Waals surface area contributed by atoms with Gasteiger partial charge in [-0.3, -0.25) is 4.72 Å². The van der Waals surface area contributed by atoms with Crippen molar-refractivity contribution in [3.8, 4) is 32.3 Å². The van der Waals surface area contributed by atoms with Gasteiger partial charge in [0.25, 0.3) is 0 Å². The van der Waals surface area contributed by atoms with Crippen LogP contribution in [-0.2, 0) is 9.71 Å². The highest BCUT2D eigenvalue weighted by molar-refractivity contribution is 8.03. The van der Waals surface area contributed by atoms with E-state index in [0.29, 0.717) is 37.3 Å². The van der Waals surface area contributed by atoms with Crippen molar-refractivity contribution in [2.75, 3.05) is 4.72 Å².